The molecule has 2 aliphatic rings. The highest BCUT2D eigenvalue weighted by atomic mass is 32.1. The van der Waals surface area contributed by atoms with E-state index < -0.39 is 0 Å². The zero-order valence-corrected chi connectivity index (χ0v) is 18.9. The van der Waals surface area contributed by atoms with Gasteiger partial charge in [-0.15, -0.1) is 0 Å². The van der Waals surface area contributed by atoms with Crippen LogP contribution < -0.4 is 9.80 Å². The van der Waals surface area contributed by atoms with Gasteiger partial charge in [-0.05, 0) is 49.7 Å². The number of fused-ring (bicyclic) bond motifs is 1. The number of anilines is 2. The Kier molecular flexibility index (Phi) is 5.54. The zero-order valence-electron chi connectivity index (χ0n) is 18.1. The molecule has 1 aromatic heterocycles. The third-order valence-corrected chi connectivity index (χ3v) is 7.23. The fourth-order valence-corrected chi connectivity index (χ4v) is 5.51. The Morgan fingerprint density at radius 3 is 2.71 bits per heavy atom. The Balaban J connectivity index is 1.30. The molecular formula is C24H28N4O2S. The monoisotopic (exact) mass is 436 g/mol. The van der Waals surface area contributed by atoms with E-state index in [0.717, 1.165) is 66.8 Å². The molecule has 31 heavy (non-hydrogen) atoms. The number of thiazole rings is 1. The molecule has 5 rings (SSSR count). The molecule has 0 saturated carbocycles. The van der Waals surface area contributed by atoms with E-state index in [0.29, 0.717) is 0 Å². The summed E-state index contributed by atoms with van der Waals surface area (Å²) in [5.41, 5.74) is 4.21. The molecule has 0 bridgehead atoms. The van der Waals surface area contributed by atoms with E-state index in [4.69, 9.17) is 9.72 Å². The molecule has 1 amide bonds. The number of aryl methyl sites for hydroxylation is 1. The molecule has 0 aliphatic carbocycles. The predicted molar refractivity (Wildman–Crippen MR) is 127 cm³/mol. The molecule has 1 atom stereocenters. The third kappa shape index (κ3) is 4.12. The second-order valence-corrected chi connectivity index (χ2v) is 9.42. The Labute approximate surface area is 187 Å². The summed E-state index contributed by atoms with van der Waals surface area (Å²) in [6.45, 7) is 9.85. The van der Waals surface area contributed by atoms with Crippen molar-refractivity contribution in [3.8, 4) is 0 Å². The van der Waals surface area contributed by atoms with Gasteiger partial charge < -0.3 is 19.4 Å². The van der Waals surface area contributed by atoms with Crippen LogP contribution in [0.2, 0.25) is 0 Å². The Hall–Kier alpha value is -2.64. The lowest BCUT2D eigenvalue weighted by Gasteiger charge is -2.41. The van der Waals surface area contributed by atoms with Crippen molar-refractivity contribution in [3.05, 3.63) is 53.6 Å². The Morgan fingerprint density at radius 1 is 1.10 bits per heavy atom. The van der Waals surface area contributed by atoms with Crippen molar-refractivity contribution in [2.75, 3.05) is 55.7 Å². The molecule has 6 nitrogen and oxygen atoms in total. The van der Waals surface area contributed by atoms with Crippen molar-refractivity contribution in [3.63, 3.8) is 0 Å². The summed E-state index contributed by atoms with van der Waals surface area (Å²) in [7, 11) is 0. The average Bonchev–Trinajstić information content (AvgIpc) is 3.22. The fraction of sp³-hybridized carbons (Fsp3) is 0.417. The van der Waals surface area contributed by atoms with Crippen LogP contribution in [0.15, 0.2) is 42.5 Å². The van der Waals surface area contributed by atoms with Gasteiger partial charge in [0.05, 0.1) is 23.4 Å². The van der Waals surface area contributed by atoms with E-state index in [1.807, 2.05) is 23.1 Å². The van der Waals surface area contributed by atoms with Crippen LogP contribution in [0.1, 0.15) is 22.8 Å². The van der Waals surface area contributed by atoms with Gasteiger partial charge in [0, 0.05) is 50.0 Å². The predicted octanol–water partition coefficient (Wildman–Crippen LogP) is 3.79. The number of carbonyl (C=O) groups is 1. The van der Waals surface area contributed by atoms with E-state index in [-0.39, 0.29) is 11.9 Å². The fourth-order valence-electron chi connectivity index (χ4n) is 4.45. The van der Waals surface area contributed by atoms with Gasteiger partial charge in [0.1, 0.15) is 0 Å². The maximum Gasteiger partial charge on any atom is 0.254 e. The molecule has 0 N–H and O–H groups in total. The van der Waals surface area contributed by atoms with Crippen LogP contribution in [0.5, 0.6) is 0 Å². The minimum Gasteiger partial charge on any atom is -0.378 e. The lowest BCUT2D eigenvalue weighted by Crippen LogP contribution is -2.53. The van der Waals surface area contributed by atoms with Crippen molar-refractivity contribution in [2.45, 2.75) is 19.9 Å². The quantitative estimate of drug-likeness (QED) is 0.625. The van der Waals surface area contributed by atoms with Gasteiger partial charge in [0.15, 0.2) is 5.13 Å². The van der Waals surface area contributed by atoms with Crippen LogP contribution in [-0.2, 0) is 4.74 Å². The summed E-state index contributed by atoms with van der Waals surface area (Å²) in [6.07, 6.45) is 0. The summed E-state index contributed by atoms with van der Waals surface area (Å²) in [4.78, 5) is 24.7. The smallest absolute Gasteiger partial charge is 0.254 e. The number of aromatic nitrogens is 1. The van der Waals surface area contributed by atoms with Crippen LogP contribution in [-0.4, -0.2) is 67.8 Å². The summed E-state index contributed by atoms with van der Waals surface area (Å²) in [6, 6.07) is 14.8. The Morgan fingerprint density at radius 2 is 1.94 bits per heavy atom. The molecule has 0 radical (unpaired) electrons. The zero-order chi connectivity index (χ0) is 21.4. The molecule has 3 aromatic rings. The first-order valence-electron chi connectivity index (χ1n) is 10.9. The highest BCUT2D eigenvalue weighted by molar-refractivity contribution is 7.22. The lowest BCUT2D eigenvalue weighted by molar-refractivity contribution is 0.0726. The van der Waals surface area contributed by atoms with E-state index in [1.54, 1.807) is 11.3 Å². The van der Waals surface area contributed by atoms with Crippen molar-refractivity contribution in [1.29, 1.82) is 0 Å². The second kappa shape index (κ2) is 8.48. The Bertz CT molecular complexity index is 1090. The van der Waals surface area contributed by atoms with Gasteiger partial charge in [0.2, 0.25) is 0 Å². The first-order chi connectivity index (χ1) is 15.1. The molecule has 3 heterocycles. The van der Waals surface area contributed by atoms with Gasteiger partial charge in [-0.25, -0.2) is 4.98 Å². The van der Waals surface area contributed by atoms with Gasteiger partial charge in [-0.1, -0.05) is 23.5 Å². The molecule has 2 fully saturated rings. The molecular weight excluding hydrogens is 408 g/mol. The summed E-state index contributed by atoms with van der Waals surface area (Å²) >= 11 is 1.66. The maximum absolute atomic E-state index is 13.3. The number of nitrogens with zero attached hydrogens (tertiary/aromatic N) is 4. The highest BCUT2D eigenvalue weighted by Gasteiger charge is 2.28. The number of amides is 1. The van der Waals surface area contributed by atoms with Gasteiger partial charge in [-0.3, -0.25) is 4.79 Å². The number of rotatable bonds is 3. The molecule has 0 spiro atoms. The SMILES string of the molecule is Cc1cccc(N2CCN(C(=O)c3ccc4nc(N5CCOCC5)sc4c3)C[C@@H]2C)c1. The van der Waals surface area contributed by atoms with Crippen LogP contribution in [0, 0.1) is 6.92 Å². The van der Waals surface area contributed by atoms with E-state index in [2.05, 4.69) is 47.9 Å². The van der Waals surface area contributed by atoms with Crippen molar-refractivity contribution >= 4 is 38.3 Å². The average molecular weight is 437 g/mol. The van der Waals surface area contributed by atoms with E-state index >= 15 is 0 Å². The van der Waals surface area contributed by atoms with Crippen molar-refractivity contribution in [2.24, 2.45) is 0 Å². The minimum atomic E-state index is 0.110. The normalized spacial score (nSPS) is 19.8. The van der Waals surface area contributed by atoms with Crippen LogP contribution in [0.25, 0.3) is 10.2 Å². The topological polar surface area (TPSA) is 48.9 Å². The van der Waals surface area contributed by atoms with Crippen LogP contribution in [0.3, 0.4) is 0 Å². The number of benzene rings is 2. The molecule has 0 unspecified atom stereocenters. The van der Waals surface area contributed by atoms with Crippen molar-refractivity contribution < 1.29 is 9.53 Å². The highest BCUT2D eigenvalue weighted by Crippen LogP contribution is 2.30. The molecule has 2 aromatic carbocycles. The molecule has 2 saturated heterocycles. The first-order valence-corrected chi connectivity index (χ1v) is 11.8. The third-order valence-electron chi connectivity index (χ3n) is 6.15. The number of piperazine rings is 1. The number of ether oxygens (including phenoxy) is 1. The molecule has 7 heteroatoms. The largest absolute Gasteiger partial charge is 0.378 e. The number of carbonyl (C=O) groups excluding carboxylic acids is 1. The maximum atomic E-state index is 13.3. The number of hydrogen-bond acceptors (Lipinski definition) is 6. The summed E-state index contributed by atoms with van der Waals surface area (Å²) in [5, 5.41) is 1.02. The first kappa shape index (κ1) is 20.3. The van der Waals surface area contributed by atoms with Crippen LogP contribution >= 0.6 is 11.3 Å². The van der Waals surface area contributed by atoms with Crippen LogP contribution in [0.4, 0.5) is 10.8 Å². The lowest BCUT2D eigenvalue weighted by atomic mass is 10.1. The molecule has 162 valence electrons. The number of morpholine rings is 1. The minimum absolute atomic E-state index is 0.110. The van der Waals surface area contributed by atoms with Crippen molar-refractivity contribution in [1.82, 2.24) is 9.88 Å². The standard InChI is InChI=1S/C24H28N4O2S/c1-17-4-3-5-20(14-17)28-9-8-27(16-18(28)2)23(29)19-6-7-21-22(15-19)31-24(25-21)26-10-12-30-13-11-26/h3-7,14-15,18H,8-13,16H2,1-2H3/t18-/m0/s1. The van der Waals surface area contributed by atoms with Gasteiger partial charge >= 0.3 is 0 Å². The van der Waals surface area contributed by atoms with Gasteiger partial charge in [-0.2, -0.15) is 0 Å². The van der Waals surface area contributed by atoms with E-state index in [1.165, 1.54) is 11.3 Å². The number of hydrogen-bond donors (Lipinski definition) is 0. The van der Waals surface area contributed by atoms with E-state index in [9.17, 15) is 4.79 Å². The summed E-state index contributed by atoms with van der Waals surface area (Å²) < 4.78 is 6.51. The summed E-state index contributed by atoms with van der Waals surface area (Å²) in [5.74, 6) is 0.110. The second-order valence-electron chi connectivity index (χ2n) is 8.41. The van der Waals surface area contributed by atoms with Gasteiger partial charge in [0.25, 0.3) is 5.91 Å². The molecule has 2 aliphatic heterocycles.